The fourth-order valence-corrected chi connectivity index (χ4v) is 5.17. The van der Waals surface area contributed by atoms with Crippen LogP contribution in [0.4, 0.5) is 10.1 Å². The Labute approximate surface area is 168 Å². The number of fused-ring (bicyclic) bond motifs is 2. The largest absolute Gasteiger partial charge is 0.361 e. The first-order chi connectivity index (χ1) is 14.1. The van der Waals surface area contributed by atoms with Crippen molar-refractivity contribution < 1.29 is 9.31 Å². The minimum atomic E-state index is -0.300. The Morgan fingerprint density at radius 3 is 2.72 bits per heavy atom. The third-order valence-electron chi connectivity index (χ3n) is 6.72. The van der Waals surface area contributed by atoms with Crippen LogP contribution >= 0.6 is 0 Å². The van der Waals surface area contributed by atoms with E-state index in [0.717, 1.165) is 61.8 Å². The molecule has 0 radical (unpaired) electrons. The van der Waals surface area contributed by atoms with Crippen LogP contribution in [0.1, 0.15) is 47.8 Å². The molecular formula is C23H24FN3O2. The second-order valence-electron chi connectivity index (χ2n) is 8.38. The van der Waals surface area contributed by atoms with Gasteiger partial charge >= 0.3 is 0 Å². The number of halogens is 1. The second-order valence-corrected chi connectivity index (χ2v) is 8.38. The molecule has 150 valence electrons. The highest BCUT2D eigenvalue weighted by Gasteiger charge is 2.29. The molecular weight excluding hydrogens is 369 g/mol. The lowest BCUT2D eigenvalue weighted by Crippen LogP contribution is -2.35. The lowest BCUT2D eigenvalue weighted by Gasteiger charge is -2.33. The Bertz CT molecular complexity index is 1070. The summed E-state index contributed by atoms with van der Waals surface area (Å²) in [6, 6.07) is 10.3. The normalized spacial score (nSPS) is 20.2. The van der Waals surface area contributed by atoms with Crippen molar-refractivity contribution in [2.45, 2.75) is 37.5 Å². The number of likely N-dealkylation sites (tertiary alicyclic amines) is 1. The smallest absolute Gasteiger partial charge is 0.269 e. The van der Waals surface area contributed by atoms with E-state index in [1.165, 1.54) is 17.2 Å². The number of aryl methyl sites for hydroxylation is 1. The highest BCUT2D eigenvalue weighted by molar-refractivity contribution is 5.83. The van der Waals surface area contributed by atoms with E-state index in [0.29, 0.717) is 11.8 Å². The summed E-state index contributed by atoms with van der Waals surface area (Å²) in [5.41, 5.74) is 4.83. The number of nitro groups is 1. The molecule has 29 heavy (non-hydrogen) atoms. The van der Waals surface area contributed by atoms with Gasteiger partial charge in [-0.25, -0.2) is 4.39 Å². The van der Waals surface area contributed by atoms with Crippen LogP contribution < -0.4 is 0 Å². The van der Waals surface area contributed by atoms with Gasteiger partial charge in [0.15, 0.2) is 0 Å². The number of non-ortho nitro benzene ring substituents is 1. The van der Waals surface area contributed by atoms with Crippen LogP contribution in [0.2, 0.25) is 0 Å². The average molecular weight is 393 g/mol. The number of nitrogens with zero attached hydrogens (tertiary/aromatic N) is 2. The number of aromatic nitrogens is 1. The van der Waals surface area contributed by atoms with E-state index >= 15 is 0 Å². The molecule has 0 amide bonds. The van der Waals surface area contributed by atoms with Gasteiger partial charge in [-0.2, -0.15) is 0 Å². The van der Waals surface area contributed by atoms with Crippen molar-refractivity contribution in [2.75, 3.05) is 19.6 Å². The third kappa shape index (κ3) is 3.42. The van der Waals surface area contributed by atoms with Crippen molar-refractivity contribution in [2.24, 2.45) is 0 Å². The van der Waals surface area contributed by atoms with Gasteiger partial charge in [-0.15, -0.1) is 0 Å². The first-order valence-corrected chi connectivity index (χ1v) is 10.3. The molecule has 3 aromatic rings. The summed E-state index contributed by atoms with van der Waals surface area (Å²) in [7, 11) is 0. The standard InChI is InChI=1S/C23H24FN3O2/c24-18-4-6-23-21(11-18)22(13-25-23)16-7-9-26(10-8-16)14-17-2-1-15-3-5-19(27(28)29)12-20(15)17/h3-6,11-13,16-17,25H,1-2,7-10,14H2. The van der Waals surface area contributed by atoms with Crippen LogP contribution in [0.5, 0.6) is 0 Å². The molecule has 1 unspecified atom stereocenters. The number of piperidine rings is 1. The predicted molar refractivity (Wildman–Crippen MR) is 111 cm³/mol. The zero-order valence-corrected chi connectivity index (χ0v) is 16.2. The molecule has 5 nitrogen and oxygen atoms in total. The first-order valence-electron chi connectivity index (χ1n) is 10.3. The van der Waals surface area contributed by atoms with Crippen LogP contribution in [-0.2, 0) is 6.42 Å². The van der Waals surface area contributed by atoms with Crippen molar-refractivity contribution in [1.29, 1.82) is 0 Å². The maximum absolute atomic E-state index is 13.7. The summed E-state index contributed by atoms with van der Waals surface area (Å²) in [5, 5.41) is 12.1. The molecule has 1 fully saturated rings. The Morgan fingerprint density at radius 2 is 1.93 bits per heavy atom. The number of benzene rings is 2. The van der Waals surface area contributed by atoms with Gasteiger partial charge in [0.1, 0.15) is 5.82 Å². The van der Waals surface area contributed by atoms with E-state index in [1.54, 1.807) is 24.3 Å². The molecule has 1 aliphatic carbocycles. The monoisotopic (exact) mass is 393 g/mol. The van der Waals surface area contributed by atoms with E-state index in [9.17, 15) is 14.5 Å². The molecule has 1 saturated heterocycles. The van der Waals surface area contributed by atoms with Crippen LogP contribution in [0.25, 0.3) is 10.9 Å². The Morgan fingerprint density at radius 1 is 1.10 bits per heavy atom. The molecule has 0 saturated carbocycles. The van der Waals surface area contributed by atoms with E-state index in [1.807, 2.05) is 12.3 Å². The number of hydrogen-bond donors (Lipinski definition) is 1. The molecule has 5 rings (SSSR count). The zero-order chi connectivity index (χ0) is 20.0. The predicted octanol–water partition coefficient (Wildman–Crippen LogP) is 5.12. The Kier molecular flexibility index (Phi) is 4.59. The van der Waals surface area contributed by atoms with E-state index in [-0.39, 0.29) is 16.4 Å². The third-order valence-corrected chi connectivity index (χ3v) is 6.72. The molecule has 1 aromatic heterocycles. The van der Waals surface area contributed by atoms with Crippen molar-refractivity contribution in [3.05, 3.63) is 75.2 Å². The number of H-pyrrole nitrogens is 1. The molecule has 1 N–H and O–H groups in total. The fraction of sp³-hybridized carbons (Fsp3) is 0.391. The number of aromatic amines is 1. The molecule has 2 heterocycles. The van der Waals surface area contributed by atoms with Gasteiger partial charge in [0, 0.05) is 35.8 Å². The quantitative estimate of drug-likeness (QED) is 0.494. The van der Waals surface area contributed by atoms with Gasteiger partial charge < -0.3 is 9.88 Å². The summed E-state index contributed by atoms with van der Waals surface area (Å²) in [6.45, 7) is 2.98. The maximum Gasteiger partial charge on any atom is 0.269 e. The number of rotatable bonds is 4. The number of hydrogen-bond acceptors (Lipinski definition) is 3. The van der Waals surface area contributed by atoms with E-state index in [2.05, 4.69) is 9.88 Å². The minimum Gasteiger partial charge on any atom is -0.361 e. The molecule has 2 aliphatic rings. The SMILES string of the molecule is O=[N+]([O-])c1ccc2c(c1)C(CN1CCC(c3c[nH]c4ccc(F)cc34)CC1)CC2. The lowest BCUT2D eigenvalue weighted by atomic mass is 9.88. The summed E-state index contributed by atoms with van der Waals surface area (Å²) >= 11 is 0. The minimum absolute atomic E-state index is 0.190. The second kappa shape index (κ2) is 7.26. The Hall–Kier alpha value is -2.73. The number of nitrogens with one attached hydrogen (secondary N) is 1. The van der Waals surface area contributed by atoms with E-state index in [4.69, 9.17) is 0 Å². The first kappa shape index (κ1) is 18.3. The zero-order valence-electron chi connectivity index (χ0n) is 16.2. The van der Waals surface area contributed by atoms with Gasteiger partial charge in [0.2, 0.25) is 0 Å². The van der Waals surface area contributed by atoms with Crippen molar-refractivity contribution in [3.8, 4) is 0 Å². The highest BCUT2D eigenvalue weighted by atomic mass is 19.1. The van der Waals surface area contributed by atoms with Crippen LogP contribution in [0.15, 0.2) is 42.6 Å². The van der Waals surface area contributed by atoms with Gasteiger partial charge in [-0.05, 0) is 85.5 Å². The van der Waals surface area contributed by atoms with Crippen molar-refractivity contribution in [3.63, 3.8) is 0 Å². The molecule has 0 bridgehead atoms. The van der Waals surface area contributed by atoms with Gasteiger partial charge in [0.25, 0.3) is 5.69 Å². The Balaban J connectivity index is 1.26. The van der Waals surface area contributed by atoms with Crippen LogP contribution in [0.3, 0.4) is 0 Å². The summed E-state index contributed by atoms with van der Waals surface area (Å²) in [5.74, 6) is 0.632. The van der Waals surface area contributed by atoms with Gasteiger partial charge in [0.05, 0.1) is 4.92 Å². The number of nitro benzene ring substituents is 1. The molecule has 1 atom stereocenters. The lowest BCUT2D eigenvalue weighted by molar-refractivity contribution is -0.384. The summed E-state index contributed by atoms with van der Waals surface area (Å²) in [6.07, 6.45) is 6.22. The van der Waals surface area contributed by atoms with Crippen LogP contribution in [0, 0.1) is 15.9 Å². The van der Waals surface area contributed by atoms with Crippen molar-refractivity contribution in [1.82, 2.24) is 9.88 Å². The molecule has 1 aliphatic heterocycles. The topological polar surface area (TPSA) is 62.2 Å². The summed E-state index contributed by atoms with van der Waals surface area (Å²) < 4.78 is 13.7. The average Bonchev–Trinajstić information content (AvgIpc) is 3.32. The van der Waals surface area contributed by atoms with E-state index < -0.39 is 0 Å². The molecule has 0 spiro atoms. The van der Waals surface area contributed by atoms with Gasteiger partial charge in [-0.1, -0.05) is 6.07 Å². The van der Waals surface area contributed by atoms with Gasteiger partial charge in [-0.3, -0.25) is 10.1 Å². The van der Waals surface area contributed by atoms with Crippen LogP contribution in [-0.4, -0.2) is 34.4 Å². The fourth-order valence-electron chi connectivity index (χ4n) is 5.17. The molecule has 6 heteroatoms. The molecule has 2 aromatic carbocycles. The maximum atomic E-state index is 13.7. The van der Waals surface area contributed by atoms with Crippen molar-refractivity contribution >= 4 is 16.6 Å². The highest BCUT2D eigenvalue weighted by Crippen LogP contribution is 2.38. The summed E-state index contributed by atoms with van der Waals surface area (Å²) in [4.78, 5) is 16.6.